The average Bonchev–Trinajstić information content (AvgIpc) is 2.70. The summed E-state index contributed by atoms with van der Waals surface area (Å²) in [6, 6.07) is 0.0825. The summed E-state index contributed by atoms with van der Waals surface area (Å²) in [5.41, 5.74) is 0. The van der Waals surface area contributed by atoms with Gasteiger partial charge < -0.3 is 4.74 Å². The van der Waals surface area contributed by atoms with E-state index in [-0.39, 0.29) is 18.1 Å². The molecule has 2 atom stereocenters. The van der Waals surface area contributed by atoms with E-state index < -0.39 is 0 Å². The van der Waals surface area contributed by atoms with Gasteiger partial charge in [0.1, 0.15) is 0 Å². The summed E-state index contributed by atoms with van der Waals surface area (Å²) in [5.74, 6) is 1.17. The predicted molar refractivity (Wildman–Crippen MR) is 74.7 cm³/mol. The SMILES string of the molecule is CCN1C[C@H](OCCC(C)C)C[C@H]1C(=O)C(C)C. The molecular formula is C15H29NO2. The van der Waals surface area contributed by atoms with Crippen LogP contribution in [0.25, 0.3) is 0 Å². The molecule has 3 nitrogen and oxygen atoms in total. The van der Waals surface area contributed by atoms with Crippen LogP contribution in [-0.2, 0) is 9.53 Å². The Labute approximate surface area is 112 Å². The Hall–Kier alpha value is -0.410. The van der Waals surface area contributed by atoms with Crippen LogP contribution >= 0.6 is 0 Å². The maximum Gasteiger partial charge on any atom is 0.152 e. The smallest absolute Gasteiger partial charge is 0.152 e. The summed E-state index contributed by atoms with van der Waals surface area (Å²) in [6.45, 7) is 13.2. The van der Waals surface area contributed by atoms with Crippen molar-refractivity contribution in [2.45, 2.75) is 59.6 Å². The second-order valence-corrected chi connectivity index (χ2v) is 6.07. The first-order chi connectivity index (χ1) is 8.45. The minimum absolute atomic E-state index is 0.0825. The van der Waals surface area contributed by atoms with Crippen molar-refractivity contribution in [1.82, 2.24) is 4.90 Å². The maximum atomic E-state index is 12.1. The number of hydrogen-bond donors (Lipinski definition) is 0. The number of hydrogen-bond acceptors (Lipinski definition) is 3. The van der Waals surface area contributed by atoms with Crippen molar-refractivity contribution in [3.8, 4) is 0 Å². The summed E-state index contributed by atoms with van der Waals surface area (Å²) in [7, 11) is 0. The highest BCUT2D eigenvalue weighted by Crippen LogP contribution is 2.23. The van der Waals surface area contributed by atoms with E-state index in [1.54, 1.807) is 0 Å². The molecule has 1 rings (SSSR count). The first-order valence-corrected chi connectivity index (χ1v) is 7.35. The van der Waals surface area contributed by atoms with Gasteiger partial charge in [-0.15, -0.1) is 0 Å². The molecule has 0 aromatic rings. The molecule has 0 radical (unpaired) electrons. The van der Waals surface area contributed by atoms with Gasteiger partial charge in [0.05, 0.1) is 12.1 Å². The molecule has 0 N–H and O–H groups in total. The third-order valence-corrected chi connectivity index (χ3v) is 3.72. The van der Waals surface area contributed by atoms with Crippen molar-refractivity contribution in [2.24, 2.45) is 11.8 Å². The van der Waals surface area contributed by atoms with Crippen LogP contribution in [0.5, 0.6) is 0 Å². The molecule has 1 aliphatic rings. The van der Waals surface area contributed by atoms with Gasteiger partial charge in [-0.2, -0.15) is 0 Å². The number of likely N-dealkylation sites (tertiary alicyclic amines) is 1. The molecule has 1 aliphatic heterocycles. The molecule has 0 aliphatic carbocycles. The zero-order chi connectivity index (χ0) is 13.7. The van der Waals surface area contributed by atoms with Crippen molar-refractivity contribution in [3.63, 3.8) is 0 Å². The van der Waals surface area contributed by atoms with E-state index in [1.165, 1.54) is 0 Å². The molecule has 0 unspecified atom stereocenters. The summed E-state index contributed by atoms with van der Waals surface area (Å²) >= 11 is 0. The summed E-state index contributed by atoms with van der Waals surface area (Å²) in [4.78, 5) is 14.4. The lowest BCUT2D eigenvalue weighted by Crippen LogP contribution is -2.38. The van der Waals surface area contributed by atoms with Gasteiger partial charge in [0.2, 0.25) is 0 Å². The minimum atomic E-state index is 0.0825. The number of carbonyl (C=O) groups is 1. The fraction of sp³-hybridized carbons (Fsp3) is 0.933. The van der Waals surface area contributed by atoms with E-state index in [1.807, 2.05) is 13.8 Å². The Bertz CT molecular complexity index is 263. The van der Waals surface area contributed by atoms with E-state index in [0.717, 1.165) is 32.5 Å². The molecule has 0 bridgehead atoms. The Kier molecular flexibility index (Phi) is 6.30. The number of carbonyl (C=O) groups excluding carboxylic acids is 1. The first kappa shape index (κ1) is 15.6. The standard InChI is InChI=1S/C15H29NO2/c1-6-16-10-13(18-8-7-11(2)3)9-14(16)15(17)12(4)5/h11-14H,6-10H2,1-5H3/t13-,14+/m1/s1. The minimum Gasteiger partial charge on any atom is -0.377 e. The molecule has 0 saturated carbocycles. The topological polar surface area (TPSA) is 29.5 Å². The molecule has 1 fully saturated rings. The highest BCUT2D eigenvalue weighted by atomic mass is 16.5. The van der Waals surface area contributed by atoms with Crippen LogP contribution in [0.3, 0.4) is 0 Å². The molecule has 0 spiro atoms. The molecule has 0 aromatic carbocycles. The molecule has 1 heterocycles. The zero-order valence-electron chi connectivity index (χ0n) is 12.6. The Morgan fingerprint density at radius 1 is 1.33 bits per heavy atom. The predicted octanol–water partition coefficient (Wildman–Crippen LogP) is 2.74. The molecule has 3 heteroatoms. The third kappa shape index (κ3) is 4.36. The number of rotatable bonds is 7. The van der Waals surface area contributed by atoms with Crippen LogP contribution in [0.2, 0.25) is 0 Å². The Balaban J connectivity index is 2.44. The van der Waals surface area contributed by atoms with Crippen LogP contribution in [0.4, 0.5) is 0 Å². The number of ether oxygens (including phenoxy) is 1. The molecule has 1 saturated heterocycles. The third-order valence-electron chi connectivity index (χ3n) is 3.72. The van der Waals surface area contributed by atoms with Crippen molar-refractivity contribution in [3.05, 3.63) is 0 Å². The number of nitrogens with zero attached hydrogens (tertiary/aromatic N) is 1. The number of likely N-dealkylation sites (N-methyl/N-ethyl adjacent to an activating group) is 1. The van der Waals surface area contributed by atoms with Crippen LogP contribution in [0.1, 0.15) is 47.5 Å². The summed E-state index contributed by atoms with van der Waals surface area (Å²) in [6.07, 6.45) is 2.23. The second-order valence-electron chi connectivity index (χ2n) is 6.07. The molecule has 0 amide bonds. The first-order valence-electron chi connectivity index (χ1n) is 7.35. The summed E-state index contributed by atoms with van der Waals surface area (Å²) in [5, 5.41) is 0. The van der Waals surface area contributed by atoms with Crippen LogP contribution < -0.4 is 0 Å². The highest BCUT2D eigenvalue weighted by Gasteiger charge is 2.36. The van der Waals surface area contributed by atoms with Crippen LogP contribution in [0, 0.1) is 11.8 Å². The quantitative estimate of drug-likeness (QED) is 0.700. The maximum absolute atomic E-state index is 12.1. The van der Waals surface area contributed by atoms with Gasteiger partial charge in [0, 0.05) is 19.1 Å². The van der Waals surface area contributed by atoms with Gasteiger partial charge in [0.25, 0.3) is 0 Å². The largest absolute Gasteiger partial charge is 0.377 e. The number of ketones is 1. The molecule has 18 heavy (non-hydrogen) atoms. The van der Waals surface area contributed by atoms with Crippen LogP contribution in [0.15, 0.2) is 0 Å². The van der Waals surface area contributed by atoms with Gasteiger partial charge in [-0.25, -0.2) is 0 Å². The fourth-order valence-electron chi connectivity index (χ4n) is 2.48. The van der Waals surface area contributed by atoms with Gasteiger partial charge in [0.15, 0.2) is 5.78 Å². The lowest BCUT2D eigenvalue weighted by molar-refractivity contribution is -0.126. The van der Waals surface area contributed by atoms with E-state index in [4.69, 9.17) is 4.74 Å². The van der Waals surface area contributed by atoms with Crippen molar-refractivity contribution in [2.75, 3.05) is 19.7 Å². The highest BCUT2D eigenvalue weighted by molar-refractivity contribution is 5.86. The van der Waals surface area contributed by atoms with E-state index in [9.17, 15) is 4.79 Å². The normalized spacial score (nSPS) is 25.3. The van der Waals surface area contributed by atoms with Gasteiger partial charge >= 0.3 is 0 Å². The van der Waals surface area contributed by atoms with Gasteiger partial charge in [-0.1, -0.05) is 34.6 Å². The average molecular weight is 255 g/mol. The van der Waals surface area contributed by atoms with Crippen molar-refractivity contribution in [1.29, 1.82) is 0 Å². The summed E-state index contributed by atoms with van der Waals surface area (Å²) < 4.78 is 5.91. The van der Waals surface area contributed by atoms with Crippen molar-refractivity contribution < 1.29 is 9.53 Å². The fourth-order valence-corrected chi connectivity index (χ4v) is 2.48. The van der Waals surface area contributed by atoms with Gasteiger partial charge in [-0.3, -0.25) is 9.69 Å². The molecule has 106 valence electrons. The van der Waals surface area contributed by atoms with Crippen LogP contribution in [-0.4, -0.2) is 42.5 Å². The lowest BCUT2D eigenvalue weighted by atomic mass is 9.99. The lowest BCUT2D eigenvalue weighted by Gasteiger charge is -2.22. The van der Waals surface area contributed by atoms with E-state index in [0.29, 0.717) is 11.7 Å². The zero-order valence-corrected chi connectivity index (χ0v) is 12.6. The molecular weight excluding hydrogens is 226 g/mol. The Morgan fingerprint density at radius 3 is 2.50 bits per heavy atom. The molecule has 0 aromatic heterocycles. The second kappa shape index (κ2) is 7.25. The van der Waals surface area contributed by atoms with E-state index >= 15 is 0 Å². The Morgan fingerprint density at radius 2 is 2.00 bits per heavy atom. The van der Waals surface area contributed by atoms with Gasteiger partial charge in [-0.05, 0) is 25.3 Å². The monoisotopic (exact) mass is 255 g/mol. The van der Waals surface area contributed by atoms with Crippen molar-refractivity contribution >= 4 is 5.78 Å². The van der Waals surface area contributed by atoms with E-state index in [2.05, 4.69) is 25.7 Å². The number of Topliss-reactive ketones (excluding diaryl/α,β-unsaturated/α-hetero) is 1.